The molecule has 2 aromatic carbocycles. The summed E-state index contributed by atoms with van der Waals surface area (Å²) in [5, 5.41) is 6.21. The first kappa shape index (κ1) is 14.1. The molecular weight excluding hydrogens is 248 g/mol. The molecular formula is C17H20N2O. The van der Waals surface area contributed by atoms with E-state index in [2.05, 4.69) is 34.9 Å². The van der Waals surface area contributed by atoms with Crippen LogP contribution in [-0.2, 0) is 11.2 Å². The number of amides is 1. The summed E-state index contributed by atoms with van der Waals surface area (Å²) in [6.45, 7) is 2.74. The number of benzene rings is 2. The van der Waals surface area contributed by atoms with Crippen molar-refractivity contribution in [1.29, 1.82) is 0 Å². The largest absolute Gasteiger partial charge is 0.385 e. The van der Waals surface area contributed by atoms with Crippen LogP contribution in [0, 0.1) is 0 Å². The molecule has 0 aliphatic heterocycles. The SMILES string of the molecule is CCC(=O)Nc1ccc(NCCc2ccccc2)cc1. The zero-order valence-electron chi connectivity index (χ0n) is 11.7. The summed E-state index contributed by atoms with van der Waals surface area (Å²) < 4.78 is 0. The van der Waals surface area contributed by atoms with Crippen LogP contribution in [0.15, 0.2) is 54.6 Å². The Balaban J connectivity index is 1.80. The van der Waals surface area contributed by atoms with Crippen LogP contribution in [0.4, 0.5) is 11.4 Å². The van der Waals surface area contributed by atoms with Crippen LogP contribution < -0.4 is 10.6 Å². The molecule has 0 saturated heterocycles. The number of carbonyl (C=O) groups excluding carboxylic acids is 1. The number of rotatable bonds is 6. The molecule has 2 rings (SSSR count). The van der Waals surface area contributed by atoms with Crippen LogP contribution in [0.1, 0.15) is 18.9 Å². The second-order valence-electron chi connectivity index (χ2n) is 4.64. The van der Waals surface area contributed by atoms with Gasteiger partial charge in [0, 0.05) is 24.3 Å². The van der Waals surface area contributed by atoms with Crippen molar-refractivity contribution >= 4 is 17.3 Å². The van der Waals surface area contributed by atoms with E-state index < -0.39 is 0 Å². The van der Waals surface area contributed by atoms with E-state index in [0.29, 0.717) is 6.42 Å². The topological polar surface area (TPSA) is 41.1 Å². The first-order chi connectivity index (χ1) is 9.78. The lowest BCUT2D eigenvalue weighted by Crippen LogP contribution is -2.09. The molecule has 0 radical (unpaired) electrons. The zero-order chi connectivity index (χ0) is 14.2. The van der Waals surface area contributed by atoms with E-state index in [4.69, 9.17) is 0 Å². The summed E-state index contributed by atoms with van der Waals surface area (Å²) in [4.78, 5) is 11.3. The molecule has 3 heteroatoms. The van der Waals surface area contributed by atoms with Crippen LogP contribution in [0.2, 0.25) is 0 Å². The summed E-state index contributed by atoms with van der Waals surface area (Å²) in [5.74, 6) is 0.0368. The fourth-order valence-electron chi connectivity index (χ4n) is 1.92. The van der Waals surface area contributed by atoms with Gasteiger partial charge in [-0.1, -0.05) is 37.3 Å². The van der Waals surface area contributed by atoms with E-state index in [1.807, 2.05) is 37.3 Å². The van der Waals surface area contributed by atoms with E-state index in [1.165, 1.54) is 5.56 Å². The van der Waals surface area contributed by atoms with Gasteiger partial charge in [-0.3, -0.25) is 4.79 Å². The highest BCUT2D eigenvalue weighted by Gasteiger charge is 1.99. The normalized spacial score (nSPS) is 10.1. The highest BCUT2D eigenvalue weighted by Crippen LogP contribution is 2.13. The highest BCUT2D eigenvalue weighted by molar-refractivity contribution is 5.90. The van der Waals surface area contributed by atoms with Gasteiger partial charge in [-0.05, 0) is 36.2 Å². The third kappa shape index (κ3) is 4.43. The minimum Gasteiger partial charge on any atom is -0.385 e. The molecule has 0 aliphatic rings. The standard InChI is InChI=1S/C17H20N2O/c1-2-17(20)19-16-10-8-15(9-11-16)18-13-12-14-6-4-3-5-7-14/h3-11,18H,2,12-13H2,1H3,(H,19,20). The molecule has 0 unspecified atom stereocenters. The first-order valence-electron chi connectivity index (χ1n) is 6.95. The van der Waals surface area contributed by atoms with Gasteiger partial charge in [-0.25, -0.2) is 0 Å². The van der Waals surface area contributed by atoms with E-state index in [-0.39, 0.29) is 5.91 Å². The van der Waals surface area contributed by atoms with Crippen molar-refractivity contribution in [3.05, 3.63) is 60.2 Å². The van der Waals surface area contributed by atoms with Crippen molar-refractivity contribution in [2.24, 2.45) is 0 Å². The number of hydrogen-bond acceptors (Lipinski definition) is 2. The Morgan fingerprint density at radius 3 is 2.25 bits per heavy atom. The van der Waals surface area contributed by atoms with Crippen LogP contribution in [0.3, 0.4) is 0 Å². The maximum absolute atomic E-state index is 11.3. The highest BCUT2D eigenvalue weighted by atomic mass is 16.1. The smallest absolute Gasteiger partial charge is 0.224 e. The van der Waals surface area contributed by atoms with E-state index in [0.717, 1.165) is 24.3 Å². The lowest BCUT2D eigenvalue weighted by Gasteiger charge is -2.08. The van der Waals surface area contributed by atoms with Crippen LogP contribution in [-0.4, -0.2) is 12.5 Å². The molecule has 2 N–H and O–H groups in total. The van der Waals surface area contributed by atoms with Gasteiger partial charge in [-0.2, -0.15) is 0 Å². The van der Waals surface area contributed by atoms with Gasteiger partial charge >= 0.3 is 0 Å². The van der Waals surface area contributed by atoms with Gasteiger partial charge in [0.25, 0.3) is 0 Å². The van der Waals surface area contributed by atoms with Gasteiger partial charge in [-0.15, -0.1) is 0 Å². The Morgan fingerprint density at radius 2 is 1.60 bits per heavy atom. The molecule has 104 valence electrons. The predicted molar refractivity (Wildman–Crippen MR) is 84.0 cm³/mol. The third-order valence-corrected chi connectivity index (χ3v) is 3.08. The molecule has 0 spiro atoms. The lowest BCUT2D eigenvalue weighted by atomic mass is 10.1. The molecule has 0 heterocycles. The number of nitrogens with one attached hydrogen (secondary N) is 2. The molecule has 0 aliphatic carbocycles. The van der Waals surface area contributed by atoms with Gasteiger partial charge in [0.15, 0.2) is 0 Å². The summed E-state index contributed by atoms with van der Waals surface area (Å²) in [5.41, 5.74) is 3.23. The van der Waals surface area contributed by atoms with Crippen molar-refractivity contribution in [2.75, 3.05) is 17.2 Å². The predicted octanol–water partition coefficient (Wildman–Crippen LogP) is 3.69. The molecule has 0 atom stereocenters. The van der Waals surface area contributed by atoms with E-state index in [1.54, 1.807) is 0 Å². The van der Waals surface area contributed by atoms with Crippen molar-refractivity contribution < 1.29 is 4.79 Å². The second kappa shape index (κ2) is 7.34. The number of hydrogen-bond donors (Lipinski definition) is 2. The van der Waals surface area contributed by atoms with Crippen LogP contribution >= 0.6 is 0 Å². The van der Waals surface area contributed by atoms with Gasteiger partial charge < -0.3 is 10.6 Å². The van der Waals surface area contributed by atoms with E-state index in [9.17, 15) is 4.79 Å². The third-order valence-electron chi connectivity index (χ3n) is 3.08. The number of carbonyl (C=O) groups is 1. The Labute approximate surface area is 120 Å². The maximum Gasteiger partial charge on any atom is 0.224 e. The van der Waals surface area contributed by atoms with Crippen molar-refractivity contribution in [2.45, 2.75) is 19.8 Å². The quantitative estimate of drug-likeness (QED) is 0.839. The van der Waals surface area contributed by atoms with E-state index >= 15 is 0 Å². The van der Waals surface area contributed by atoms with Gasteiger partial charge in [0.05, 0.1) is 0 Å². The van der Waals surface area contributed by atoms with Crippen molar-refractivity contribution in [1.82, 2.24) is 0 Å². The molecule has 1 amide bonds. The molecule has 0 aromatic heterocycles. The van der Waals surface area contributed by atoms with Gasteiger partial charge in [0.1, 0.15) is 0 Å². The average molecular weight is 268 g/mol. The maximum atomic E-state index is 11.3. The number of anilines is 2. The fraction of sp³-hybridized carbons (Fsp3) is 0.235. The fourth-order valence-corrected chi connectivity index (χ4v) is 1.92. The first-order valence-corrected chi connectivity index (χ1v) is 6.95. The molecule has 0 saturated carbocycles. The molecule has 2 aromatic rings. The Hall–Kier alpha value is -2.29. The summed E-state index contributed by atoms with van der Waals surface area (Å²) in [6.07, 6.45) is 1.49. The summed E-state index contributed by atoms with van der Waals surface area (Å²) >= 11 is 0. The molecule has 0 fully saturated rings. The summed E-state index contributed by atoms with van der Waals surface area (Å²) in [7, 11) is 0. The Kier molecular flexibility index (Phi) is 5.18. The zero-order valence-corrected chi connectivity index (χ0v) is 11.7. The van der Waals surface area contributed by atoms with Crippen LogP contribution in [0.25, 0.3) is 0 Å². The Bertz CT molecular complexity index is 535. The average Bonchev–Trinajstić information content (AvgIpc) is 2.50. The van der Waals surface area contributed by atoms with Crippen molar-refractivity contribution in [3.63, 3.8) is 0 Å². The minimum absolute atomic E-state index is 0.0368. The van der Waals surface area contributed by atoms with Gasteiger partial charge in [0.2, 0.25) is 5.91 Å². The minimum atomic E-state index is 0.0368. The second-order valence-corrected chi connectivity index (χ2v) is 4.64. The monoisotopic (exact) mass is 268 g/mol. The molecule has 3 nitrogen and oxygen atoms in total. The van der Waals surface area contributed by atoms with Crippen molar-refractivity contribution in [3.8, 4) is 0 Å². The van der Waals surface area contributed by atoms with Crippen LogP contribution in [0.5, 0.6) is 0 Å². The molecule has 0 bridgehead atoms. The summed E-state index contributed by atoms with van der Waals surface area (Å²) in [6, 6.07) is 18.2. The Morgan fingerprint density at radius 1 is 0.950 bits per heavy atom. The molecule has 20 heavy (non-hydrogen) atoms. The lowest BCUT2D eigenvalue weighted by molar-refractivity contribution is -0.115.